The second-order valence-corrected chi connectivity index (χ2v) is 25.5. The number of carbonyl (C=O) groups excluding carboxylic acids is 2. The smallest absolute Gasteiger partial charge is 0.383 e. The van der Waals surface area contributed by atoms with E-state index in [2.05, 4.69) is 0 Å². The van der Waals surface area contributed by atoms with Gasteiger partial charge in [-0.05, 0) is 127 Å². The van der Waals surface area contributed by atoms with Crippen molar-refractivity contribution in [3.8, 4) is 22.3 Å². The first-order valence-electron chi connectivity index (χ1n) is 46.4. The molecular formula is C81H78F10N6O6S2. The van der Waals surface area contributed by atoms with Gasteiger partial charge < -0.3 is 38.2 Å². The van der Waals surface area contributed by atoms with Crippen molar-refractivity contribution in [1.29, 1.82) is 0 Å². The number of piperidine rings is 2. The molecular weight excluding hydrogens is 1410 g/mol. The number of hydrogen-bond acceptors (Lipinski definition) is 10. The van der Waals surface area contributed by atoms with Gasteiger partial charge in [-0.25, -0.2) is 17.6 Å². The molecule has 0 atom stereocenters. The summed E-state index contributed by atoms with van der Waals surface area (Å²) < 4.78 is 395. The third-order valence-electron chi connectivity index (χ3n) is 16.8. The van der Waals surface area contributed by atoms with E-state index >= 15 is 9.18 Å². The molecule has 8 aromatic carbocycles. The van der Waals surface area contributed by atoms with Crippen molar-refractivity contribution >= 4 is 57.1 Å². The average molecular weight is 1510 g/mol. The van der Waals surface area contributed by atoms with Gasteiger partial charge in [0.15, 0.2) is 34.1 Å². The number of alkyl halides is 6. The zero-order chi connectivity index (χ0) is 99.8. The normalized spacial score (nSPS) is 18.9. The van der Waals surface area contributed by atoms with Crippen LogP contribution in [0.2, 0.25) is 0 Å². The lowest BCUT2D eigenvalue weighted by Crippen LogP contribution is -2.48. The van der Waals surface area contributed by atoms with Crippen LogP contribution >= 0.6 is 23.5 Å². The molecule has 2 saturated heterocycles. The highest BCUT2D eigenvalue weighted by Gasteiger charge is 2.34. The highest BCUT2D eigenvalue weighted by molar-refractivity contribution is 7.98. The zero-order valence-electron chi connectivity index (χ0n) is 84.0. The van der Waals surface area contributed by atoms with Gasteiger partial charge in [-0.2, -0.15) is 26.3 Å². The van der Waals surface area contributed by atoms with Gasteiger partial charge in [0, 0.05) is 129 Å². The highest BCUT2D eigenvalue weighted by atomic mass is 32.2. The van der Waals surface area contributed by atoms with Crippen LogP contribution in [0.25, 0.3) is 44.1 Å². The Morgan fingerprint density at radius 2 is 1.07 bits per heavy atom. The van der Waals surface area contributed by atoms with Gasteiger partial charge in [-0.15, -0.1) is 23.5 Å². The molecule has 0 aliphatic carbocycles. The molecule has 2 fully saturated rings. The highest BCUT2D eigenvalue weighted by Crippen LogP contribution is 2.36. The second-order valence-electron chi connectivity index (χ2n) is 23.6. The van der Waals surface area contributed by atoms with Crippen LogP contribution in [0.15, 0.2) is 207 Å². The number of ether oxygens (including phenoxy) is 2. The molecule has 0 bridgehead atoms. The van der Waals surface area contributed by atoms with E-state index in [1.807, 2.05) is 0 Å². The topological polar surface area (TPSA) is 110 Å². The molecule has 2 aliphatic rings. The Morgan fingerprint density at radius 3 is 1.66 bits per heavy atom. The van der Waals surface area contributed by atoms with Crippen LogP contribution in [0.5, 0.6) is 0 Å². The number of para-hydroxylation sites is 1. The molecule has 24 heteroatoms. The van der Waals surface area contributed by atoms with Crippen molar-refractivity contribution in [2.45, 2.75) is 105 Å². The third-order valence-corrected chi connectivity index (χ3v) is 18.8. The lowest BCUT2D eigenvalue weighted by molar-refractivity contribution is -0.138. The summed E-state index contributed by atoms with van der Waals surface area (Å²) in [6.45, 7) is -14.0. The van der Waals surface area contributed by atoms with Crippen LogP contribution in [-0.4, -0.2) is 119 Å². The number of methoxy groups -OCH3 is 2. The number of halogens is 10. The molecule has 4 heterocycles. The molecule has 0 spiro atoms. The van der Waals surface area contributed by atoms with E-state index < -0.39 is 276 Å². The molecule has 12 rings (SSSR count). The van der Waals surface area contributed by atoms with E-state index in [1.165, 1.54) is 46.2 Å². The summed E-state index contributed by atoms with van der Waals surface area (Å²) in [7, 11) is -5.85. The Hall–Kier alpha value is -9.04. The third kappa shape index (κ3) is 19.5. The summed E-state index contributed by atoms with van der Waals surface area (Å²) in [6.07, 6.45) is -10.4. The van der Waals surface area contributed by atoms with E-state index in [1.54, 1.807) is 36.4 Å². The molecule has 0 saturated carbocycles. The number of nitrogens with zero attached hydrogens (tertiary/aromatic N) is 6. The Labute approximate surface area is 650 Å². The maximum Gasteiger partial charge on any atom is 0.416 e. The van der Waals surface area contributed by atoms with Crippen LogP contribution in [0, 0.1) is 30.2 Å². The molecule has 12 nitrogen and oxygen atoms in total. The molecule has 105 heavy (non-hydrogen) atoms. The van der Waals surface area contributed by atoms with Gasteiger partial charge in [-0.1, -0.05) is 121 Å². The average Bonchev–Trinajstić information content (AvgIpc) is 0.716. The molecule has 0 unspecified atom stereocenters. The number of rotatable bonds is 24. The van der Waals surface area contributed by atoms with Gasteiger partial charge in [0.25, 0.3) is 0 Å². The van der Waals surface area contributed by atoms with E-state index in [-0.39, 0.29) is 108 Å². The summed E-state index contributed by atoms with van der Waals surface area (Å²) in [5.74, 6) is -9.92. The Bertz CT molecular complexity index is 6280. The van der Waals surface area contributed by atoms with Crippen molar-refractivity contribution in [1.82, 2.24) is 28.7 Å². The van der Waals surface area contributed by atoms with Gasteiger partial charge >= 0.3 is 12.4 Å². The first-order chi connectivity index (χ1) is 62.0. The number of likely N-dealkylation sites (tertiary alicyclic amines) is 2. The summed E-state index contributed by atoms with van der Waals surface area (Å²) in [5.41, 5.74) is -8.10. The standard InChI is InChI=1S/C41H40F5N3O3S.C40H38F5N3O3S/c1-27-6-15-36-34(22-27)37(50)23-39(53-26-31-4-3-5-35(42)40(31)43)49(36)25-38(51)48(33-16-18-47(19-17-33)20-21-52-2)24-28-7-9-29(10-8-28)30-11-13-32(14-12-30)41(44,45)46;1-51-22-21-46-19-17-32(18-20-46)47(24-27-9-11-28(12-10-27)29-13-15-31(16-14-29)40(43,44)45)37(50)25-48-35-8-3-2-6-33(35)36(49)23-38(48)52-26-30-5-4-7-34(41)39(30)42/h3-15,22-23,33H,16-21,24-26H2,1-2H3;2-16,23,32H,17-22,24-26H2,1H3/i2D3,3D,4D,5D,6D,7D,8D,9D,10D,11D,12D,13D,14D,15D,20D2,22D,23D,25D2;1D3,21D2,25D2. The summed E-state index contributed by atoms with van der Waals surface area (Å²) in [4.78, 5) is 62.1. The maximum absolute atomic E-state index is 15.4. The fraction of sp³-hybridized carbons (Fsp3) is 0.309. The molecule has 2 aliphatic heterocycles. The lowest BCUT2D eigenvalue weighted by Gasteiger charge is -2.39. The summed E-state index contributed by atoms with van der Waals surface area (Å²) in [5, 5.41) is -1.77. The number of carbonyl (C=O) groups is 2. The Morgan fingerprint density at radius 1 is 0.533 bits per heavy atom. The minimum Gasteiger partial charge on any atom is -0.383 e. The molecule has 2 amide bonds. The fourth-order valence-electron chi connectivity index (χ4n) is 11.4. The number of amides is 2. The maximum atomic E-state index is 15.4. The monoisotopic (exact) mass is 1510 g/mol. The number of fused-ring (bicyclic) bond motifs is 2. The van der Waals surface area contributed by atoms with Crippen molar-refractivity contribution in [3.05, 3.63) is 270 Å². The quantitative estimate of drug-likeness (QED) is 0.0428. The largest absolute Gasteiger partial charge is 0.416 e. The van der Waals surface area contributed by atoms with Gasteiger partial charge in [0.05, 0.1) is 79.7 Å². The predicted molar refractivity (Wildman–Crippen MR) is 391 cm³/mol. The summed E-state index contributed by atoms with van der Waals surface area (Å²) >= 11 is 0.951. The zero-order valence-corrected chi connectivity index (χ0v) is 56.7. The van der Waals surface area contributed by atoms with Crippen LogP contribution in [0.3, 0.4) is 0 Å². The van der Waals surface area contributed by atoms with Gasteiger partial charge in [0.2, 0.25) is 11.8 Å². The Kier molecular flexibility index (Phi) is 15.8. The summed E-state index contributed by atoms with van der Waals surface area (Å²) in [6, 6.07) is 2.20. The fourth-order valence-corrected chi connectivity index (χ4v) is 13.3. The first-order valence-corrected chi connectivity index (χ1v) is 33.8. The number of pyridine rings is 2. The minimum atomic E-state index is -5.41. The SMILES string of the molecule is [2H]C([2H])([2H])OCC([2H])([2H])N1CCC(N(Cc2ccc(-c3ccc(C(F)(F)F)cc3)cc2)C(=O)C([2H])([2H])n2c(SCc3cccc(F)c3F)cc(=O)c3ccccc32)CC1.[2H]c1c([2H])c(F)c(F)c(CSc2c([2H])c(=O)c3c([2H])c(C)c([2H])c([2H])c3n2C([2H])([2H])C(=O)N(Cc2c([2H])c([2H])c(-c3c([2H])c([2H])c(C(F)(F)F)c([2H])c3[2H])c([2H])c2[2H])C2CCN(C([2H])([2H])COC([2H])([2H])[2H])CC2)c1[2H]. The molecule has 550 valence electrons. The van der Waals surface area contributed by atoms with Crippen LogP contribution in [-0.2, 0) is 69.0 Å². The number of benzene rings is 8. The second kappa shape index (κ2) is 34.9. The van der Waals surface area contributed by atoms with Crippen molar-refractivity contribution in [2.75, 3.05) is 66.5 Å². The van der Waals surface area contributed by atoms with Gasteiger partial charge in [-0.3, -0.25) is 19.2 Å². The predicted octanol–water partition coefficient (Wildman–Crippen LogP) is 17.1. The molecule has 10 aromatic rings. The van der Waals surface area contributed by atoms with Crippen LogP contribution in [0.4, 0.5) is 43.9 Å². The Balaban J connectivity index is 0.000000265. The van der Waals surface area contributed by atoms with Gasteiger partial charge in [0.1, 0.15) is 13.0 Å². The van der Waals surface area contributed by atoms with E-state index in [4.69, 9.17) is 43.7 Å². The number of aromatic nitrogens is 2. The van der Waals surface area contributed by atoms with Crippen molar-refractivity contribution in [2.24, 2.45) is 0 Å². The van der Waals surface area contributed by atoms with E-state index in [9.17, 15) is 59.4 Å². The van der Waals surface area contributed by atoms with E-state index in [0.717, 1.165) is 52.4 Å². The number of hydrogen-bond donors (Lipinski definition) is 0. The molecule has 0 radical (unpaired) electrons. The minimum absolute atomic E-state index is 0.0335. The van der Waals surface area contributed by atoms with Crippen molar-refractivity contribution in [3.63, 3.8) is 0 Å². The van der Waals surface area contributed by atoms with Crippen molar-refractivity contribution < 1.29 is 103 Å². The molecule has 0 N–H and O–H groups in total. The molecule has 2 aromatic heterocycles. The number of thioether (sulfide) groups is 2. The van der Waals surface area contributed by atoms with Crippen LogP contribution in [0.1, 0.15) is 104 Å². The lowest BCUT2D eigenvalue weighted by atomic mass is 10.00. The van der Waals surface area contributed by atoms with E-state index in [0.29, 0.717) is 21.6 Å². The van der Waals surface area contributed by atoms with Crippen LogP contribution < -0.4 is 10.9 Å². The first kappa shape index (κ1) is 47.5.